The second-order valence-corrected chi connectivity index (χ2v) is 11.2. The number of allylic oxidation sites excluding steroid dienone is 4. The largest absolute Gasteiger partial charge is 0.469 e. The molecule has 0 saturated carbocycles. The summed E-state index contributed by atoms with van der Waals surface area (Å²) in [4.78, 5) is 34.7. The van der Waals surface area contributed by atoms with Gasteiger partial charge in [-0.1, -0.05) is 43.7 Å². The minimum absolute atomic E-state index is 0.000524. The van der Waals surface area contributed by atoms with E-state index in [9.17, 15) is 19.5 Å². The minimum Gasteiger partial charge on any atom is -0.469 e. The molecule has 9 atom stereocenters. The maximum absolute atomic E-state index is 12.4. The van der Waals surface area contributed by atoms with Crippen LogP contribution in [0.15, 0.2) is 47.7 Å². The predicted molar refractivity (Wildman–Crippen MR) is 149 cm³/mol. The highest BCUT2D eigenvalue weighted by Crippen LogP contribution is 2.43. The van der Waals surface area contributed by atoms with Crippen LogP contribution in [0.25, 0.3) is 0 Å². The van der Waals surface area contributed by atoms with Gasteiger partial charge in [-0.05, 0) is 44.8 Å². The summed E-state index contributed by atoms with van der Waals surface area (Å²) in [6, 6.07) is -0.119. The Labute approximate surface area is 236 Å². The maximum Gasteiger partial charge on any atom is 0.308 e. The molecular weight excluding hydrogens is 516 g/mol. The van der Waals surface area contributed by atoms with Crippen LogP contribution in [-0.4, -0.2) is 79.1 Å². The fourth-order valence-electron chi connectivity index (χ4n) is 5.21. The summed E-state index contributed by atoms with van der Waals surface area (Å²) < 4.78 is 22.6. The highest BCUT2D eigenvalue weighted by molar-refractivity contribution is 5.87. The average molecular weight is 561 g/mol. The minimum atomic E-state index is -0.802. The standard InChI is InChI=1S/C30H44N2O8/c1-18(7-10-26-29(36)30(17-38-30)16-22(40-26)15-28(35)37-5)6-9-25-20(3)14-24(21(4)39-25)32-27(34)11-8-19(2)23(31)12-13-33/h6-8,10-13,19-22,24-26,29,36H,9,14-17,31H2,1-5H3,(H,32,34)/b10-7+,11-8-,18-6+,23-12?/t19?,20-,21+,22+,24+,25-,26+,29+,30+/m0/s1. The predicted octanol–water partition coefficient (Wildman–Crippen LogP) is 2.26. The molecule has 0 aromatic rings. The van der Waals surface area contributed by atoms with Gasteiger partial charge in [0.25, 0.3) is 0 Å². The molecule has 3 heterocycles. The zero-order chi connectivity index (χ0) is 29.4. The number of hydrogen-bond donors (Lipinski definition) is 3. The van der Waals surface area contributed by atoms with Gasteiger partial charge in [-0.25, -0.2) is 0 Å². The summed E-state index contributed by atoms with van der Waals surface area (Å²) >= 11 is 0. The molecule has 4 N–H and O–H groups in total. The number of aldehydes is 1. The summed E-state index contributed by atoms with van der Waals surface area (Å²) in [6.45, 7) is 8.31. The molecule has 10 heteroatoms. The smallest absolute Gasteiger partial charge is 0.308 e. The molecule has 1 amide bonds. The molecule has 0 aromatic carbocycles. The first kappa shape index (κ1) is 31.7. The van der Waals surface area contributed by atoms with Crippen molar-refractivity contribution in [3.05, 3.63) is 47.7 Å². The Hall–Kier alpha value is -2.79. The van der Waals surface area contributed by atoms with Crippen LogP contribution in [0.5, 0.6) is 0 Å². The second kappa shape index (κ2) is 14.2. The van der Waals surface area contributed by atoms with Crippen LogP contribution in [-0.2, 0) is 33.3 Å². The molecule has 1 unspecified atom stereocenters. The third-order valence-electron chi connectivity index (χ3n) is 8.00. The molecule has 0 radical (unpaired) electrons. The molecule has 0 bridgehead atoms. The van der Waals surface area contributed by atoms with Crippen LogP contribution in [0, 0.1) is 11.8 Å². The van der Waals surface area contributed by atoms with Gasteiger partial charge in [0.1, 0.15) is 24.1 Å². The van der Waals surface area contributed by atoms with Crippen molar-refractivity contribution in [1.29, 1.82) is 0 Å². The Morgan fingerprint density at radius 3 is 2.62 bits per heavy atom. The lowest BCUT2D eigenvalue weighted by molar-refractivity contribution is -0.157. The number of ether oxygens (including phenoxy) is 4. The molecule has 3 rings (SSSR count). The molecule has 40 heavy (non-hydrogen) atoms. The van der Waals surface area contributed by atoms with Crippen LogP contribution >= 0.6 is 0 Å². The van der Waals surface area contributed by atoms with Crippen molar-refractivity contribution in [1.82, 2.24) is 5.32 Å². The SMILES string of the molecule is COC(=O)C[C@@H]1C[C@@]2(CO2)[C@H](O)[C@@H](/C=C/C(C)=C/C[C@@H]2O[C@H](C)[C@H](NC(=O)/C=C\C(C)C(N)=CC=O)C[C@@H]2C)O1. The molecular formula is C30H44N2O8. The Kier molecular flexibility index (Phi) is 11.3. The van der Waals surface area contributed by atoms with Gasteiger partial charge in [0.05, 0.1) is 44.5 Å². The van der Waals surface area contributed by atoms with Gasteiger partial charge in [-0.15, -0.1) is 0 Å². The van der Waals surface area contributed by atoms with E-state index in [1.807, 2.05) is 32.9 Å². The second-order valence-electron chi connectivity index (χ2n) is 11.2. The lowest BCUT2D eigenvalue weighted by Crippen LogP contribution is -2.50. The fraction of sp³-hybridized carbons (Fsp3) is 0.633. The van der Waals surface area contributed by atoms with Gasteiger partial charge < -0.3 is 35.1 Å². The monoisotopic (exact) mass is 560 g/mol. The van der Waals surface area contributed by atoms with E-state index in [1.54, 1.807) is 6.08 Å². The Morgan fingerprint density at radius 1 is 1.25 bits per heavy atom. The van der Waals surface area contributed by atoms with Crippen molar-refractivity contribution in [3.8, 4) is 0 Å². The first-order valence-electron chi connectivity index (χ1n) is 13.9. The molecule has 3 fully saturated rings. The molecule has 3 aliphatic heterocycles. The topological polar surface area (TPSA) is 150 Å². The van der Waals surface area contributed by atoms with E-state index in [1.165, 1.54) is 19.3 Å². The zero-order valence-electron chi connectivity index (χ0n) is 24.1. The molecule has 0 aliphatic carbocycles. The van der Waals surface area contributed by atoms with Crippen molar-refractivity contribution in [3.63, 3.8) is 0 Å². The average Bonchev–Trinajstić information content (AvgIpc) is 3.69. The Balaban J connectivity index is 1.51. The number of aliphatic hydroxyl groups excluding tert-OH is 1. The lowest BCUT2D eigenvalue weighted by Gasteiger charge is -2.39. The van der Waals surface area contributed by atoms with Gasteiger partial charge in [-0.3, -0.25) is 14.4 Å². The first-order chi connectivity index (χ1) is 19.0. The summed E-state index contributed by atoms with van der Waals surface area (Å²) in [5, 5.41) is 13.8. The number of amides is 1. The number of carbonyl (C=O) groups is 3. The normalized spacial score (nSPS) is 35.6. The maximum atomic E-state index is 12.4. The fourth-order valence-corrected chi connectivity index (χ4v) is 5.21. The van der Waals surface area contributed by atoms with Gasteiger partial charge in [0.15, 0.2) is 0 Å². The molecule has 3 saturated heterocycles. The summed E-state index contributed by atoms with van der Waals surface area (Å²) in [5.74, 6) is -0.579. The number of methoxy groups -OCH3 is 1. The zero-order valence-corrected chi connectivity index (χ0v) is 24.1. The number of esters is 1. The molecule has 10 nitrogen and oxygen atoms in total. The van der Waals surface area contributed by atoms with Crippen molar-refractivity contribution in [2.45, 2.75) is 95.5 Å². The van der Waals surface area contributed by atoms with E-state index in [-0.39, 0.29) is 54.5 Å². The Bertz CT molecular complexity index is 1030. The highest BCUT2D eigenvalue weighted by atomic mass is 16.6. The van der Waals surface area contributed by atoms with E-state index in [0.29, 0.717) is 31.4 Å². The molecule has 3 aliphatic rings. The number of epoxide rings is 1. The quantitative estimate of drug-likeness (QED) is 0.114. The van der Waals surface area contributed by atoms with Crippen molar-refractivity contribution >= 4 is 18.2 Å². The van der Waals surface area contributed by atoms with E-state index in [0.717, 1.165) is 12.0 Å². The molecule has 1 spiro atoms. The third kappa shape index (κ3) is 8.60. The van der Waals surface area contributed by atoms with Crippen molar-refractivity contribution < 1.29 is 38.4 Å². The molecule has 0 aromatic heterocycles. The number of nitrogens with one attached hydrogen (secondary N) is 1. The number of rotatable bonds is 11. The van der Waals surface area contributed by atoms with Crippen LogP contribution in [0.1, 0.15) is 53.4 Å². The number of carbonyl (C=O) groups excluding carboxylic acids is 3. The van der Waals surface area contributed by atoms with Gasteiger partial charge in [0, 0.05) is 18.0 Å². The summed E-state index contributed by atoms with van der Waals surface area (Å²) in [6.07, 6.45) is 11.0. The van der Waals surface area contributed by atoms with E-state index in [2.05, 4.69) is 18.3 Å². The van der Waals surface area contributed by atoms with Crippen LogP contribution in [0.4, 0.5) is 0 Å². The molecule has 222 valence electrons. The van der Waals surface area contributed by atoms with E-state index in [4.69, 9.17) is 24.7 Å². The van der Waals surface area contributed by atoms with Crippen LogP contribution < -0.4 is 11.1 Å². The third-order valence-corrected chi connectivity index (χ3v) is 8.00. The number of hydrogen-bond acceptors (Lipinski definition) is 9. The van der Waals surface area contributed by atoms with E-state index >= 15 is 0 Å². The van der Waals surface area contributed by atoms with Crippen molar-refractivity contribution in [2.75, 3.05) is 13.7 Å². The highest BCUT2D eigenvalue weighted by Gasteiger charge is 2.58. The summed E-state index contributed by atoms with van der Waals surface area (Å²) in [5.41, 5.74) is 6.53. The van der Waals surface area contributed by atoms with Gasteiger partial charge >= 0.3 is 5.97 Å². The van der Waals surface area contributed by atoms with Gasteiger partial charge in [0.2, 0.25) is 5.91 Å². The van der Waals surface area contributed by atoms with Gasteiger partial charge in [-0.2, -0.15) is 0 Å². The lowest BCUT2D eigenvalue weighted by atomic mass is 9.87. The van der Waals surface area contributed by atoms with Crippen molar-refractivity contribution in [2.24, 2.45) is 17.6 Å². The first-order valence-corrected chi connectivity index (χ1v) is 13.9. The summed E-state index contributed by atoms with van der Waals surface area (Å²) in [7, 11) is 1.34. The van der Waals surface area contributed by atoms with Crippen LogP contribution in [0.2, 0.25) is 0 Å². The van der Waals surface area contributed by atoms with Crippen LogP contribution in [0.3, 0.4) is 0 Å². The Morgan fingerprint density at radius 2 is 1.98 bits per heavy atom. The number of aliphatic hydroxyl groups is 1. The number of nitrogens with two attached hydrogens (primary N) is 1. The van der Waals surface area contributed by atoms with E-state index < -0.39 is 17.8 Å².